The number of nitrogens with zero attached hydrogens (tertiary/aromatic N) is 5. The summed E-state index contributed by atoms with van der Waals surface area (Å²) in [5.41, 5.74) is 0.685. The van der Waals surface area contributed by atoms with E-state index < -0.39 is 10.2 Å². The Hall–Kier alpha value is -1.85. The highest BCUT2D eigenvalue weighted by Gasteiger charge is 2.36. The molecule has 3 heterocycles. The molecule has 4 rings (SSSR count). The van der Waals surface area contributed by atoms with Crippen molar-refractivity contribution in [3.05, 3.63) is 40.3 Å². The van der Waals surface area contributed by atoms with Gasteiger partial charge in [-0.2, -0.15) is 22.1 Å². The molecule has 164 valence electrons. The van der Waals surface area contributed by atoms with Gasteiger partial charge in [-0.1, -0.05) is 18.2 Å². The second-order valence-electron chi connectivity index (χ2n) is 8.18. The van der Waals surface area contributed by atoms with Gasteiger partial charge < -0.3 is 4.74 Å². The van der Waals surface area contributed by atoms with Gasteiger partial charge in [-0.15, -0.1) is 0 Å². The zero-order chi connectivity index (χ0) is 21.5. The summed E-state index contributed by atoms with van der Waals surface area (Å²) in [5.74, 6) is 0. The van der Waals surface area contributed by atoms with Crippen LogP contribution < -0.4 is 5.56 Å². The molecule has 2 atom stereocenters. The van der Waals surface area contributed by atoms with E-state index in [2.05, 4.69) is 10.00 Å². The zero-order valence-corrected chi connectivity index (χ0v) is 18.5. The van der Waals surface area contributed by atoms with E-state index in [0.717, 1.165) is 11.1 Å². The Bertz CT molecular complexity index is 1070. The maximum atomic E-state index is 13.1. The molecule has 1 aromatic heterocycles. The minimum Gasteiger partial charge on any atom is -0.373 e. The summed E-state index contributed by atoms with van der Waals surface area (Å²) in [4.78, 5) is 14.9. The average Bonchev–Trinajstić information content (AvgIpc) is 2.71. The maximum absolute atomic E-state index is 13.1. The third-order valence-electron chi connectivity index (χ3n) is 5.76. The summed E-state index contributed by atoms with van der Waals surface area (Å²) in [6.07, 6.45) is -0.224. The molecule has 0 radical (unpaired) electrons. The van der Waals surface area contributed by atoms with E-state index in [1.165, 1.54) is 13.3 Å². The van der Waals surface area contributed by atoms with E-state index in [0.29, 0.717) is 51.3 Å². The van der Waals surface area contributed by atoms with Crippen molar-refractivity contribution >= 4 is 21.0 Å². The van der Waals surface area contributed by atoms with Gasteiger partial charge >= 0.3 is 0 Å². The fourth-order valence-electron chi connectivity index (χ4n) is 4.27. The van der Waals surface area contributed by atoms with Gasteiger partial charge in [0.2, 0.25) is 0 Å². The molecule has 2 saturated heterocycles. The smallest absolute Gasteiger partial charge is 0.282 e. The summed E-state index contributed by atoms with van der Waals surface area (Å²) in [7, 11) is -3.52. The summed E-state index contributed by atoms with van der Waals surface area (Å²) < 4.78 is 36.3. The van der Waals surface area contributed by atoms with Crippen LogP contribution in [0.5, 0.6) is 0 Å². The molecule has 0 bridgehead atoms. The van der Waals surface area contributed by atoms with Crippen LogP contribution in [0.4, 0.5) is 0 Å². The van der Waals surface area contributed by atoms with E-state index in [-0.39, 0.29) is 17.8 Å². The number of piperazine rings is 1. The van der Waals surface area contributed by atoms with Gasteiger partial charge in [-0.3, -0.25) is 9.69 Å². The molecule has 0 N–H and O–H groups in total. The SMILES string of the molecule is Cc1nn(CN2CCN(S(=O)(=O)N3CC(C)OC(C)C3)CC2)c(=O)c2ccccc12. The molecule has 2 unspecified atom stereocenters. The Balaban J connectivity index is 1.43. The van der Waals surface area contributed by atoms with Gasteiger partial charge in [0, 0.05) is 44.7 Å². The van der Waals surface area contributed by atoms with Crippen molar-refractivity contribution in [2.24, 2.45) is 0 Å². The first-order chi connectivity index (χ1) is 14.3. The number of aryl methyl sites for hydroxylation is 1. The summed E-state index contributed by atoms with van der Waals surface area (Å²) >= 11 is 0. The highest BCUT2D eigenvalue weighted by atomic mass is 32.2. The highest BCUT2D eigenvalue weighted by Crippen LogP contribution is 2.19. The van der Waals surface area contributed by atoms with E-state index >= 15 is 0 Å². The Morgan fingerprint density at radius 2 is 1.60 bits per heavy atom. The van der Waals surface area contributed by atoms with Crippen LogP contribution in [0.2, 0.25) is 0 Å². The average molecular weight is 436 g/mol. The highest BCUT2D eigenvalue weighted by molar-refractivity contribution is 7.86. The molecule has 10 heteroatoms. The lowest BCUT2D eigenvalue weighted by Crippen LogP contribution is -2.57. The number of aromatic nitrogens is 2. The lowest BCUT2D eigenvalue weighted by molar-refractivity contribution is -0.0458. The Labute approximate surface area is 177 Å². The van der Waals surface area contributed by atoms with Crippen LogP contribution in [0.25, 0.3) is 10.8 Å². The van der Waals surface area contributed by atoms with Crippen molar-refractivity contribution in [3.63, 3.8) is 0 Å². The van der Waals surface area contributed by atoms with Crippen molar-refractivity contribution in [3.8, 4) is 0 Å². The minimum absolute atomic E-state index is 0.112. The number of morpholine rings is 1. The van der Waals surface area contributed by atoms with E-state index in [9.17, 15) is 13.2 Å². The normalized spacial score (nSPS) is 25.0. The number of ether oxygens (including phenoxy) is 1. The standard InChI is InChI=1S/C20H29N5O4S/c1-15-12-24(13-16(2)29-15)30(27,28)23-10-8-22(9-11-23)14-25-20(26)19-7-5-4-6-18(19)17(3)21-25/h4-7,15-16H,8-14H2,1-3H3. The molecule has 9 nitrogen and oxygen atoms in total. The van der Waals surface area contributed by atoms with Crippen LogP contribution >= 0.6 is 0 Å². The maximum Gasteiger partial charge on any atom is 0.282 e. The summed E-state index contributed by atoms with van der Waals surface area (Å²) in [6, 6.07) is 7.47. The summed E-state index contributed by atoms with van der Waals surface area (Å²) in [5, 5.41) is 5.98. The Morgan fingerprint density at radius 3 is 2.23 bits per heavy atom. The van der Waals surface area contributed by atoms with Gasteiger partial charge in [0.05, 0.1) is 30.0 Å². The van der Waals surface area contributed by atoms with Gasteiger partial charge in [0.1, 0.15) is 0 Å². The fraction of sp³-hybridized carbons (Fsp3) is 0.600. The first-order valence-electron chi connectivity index (χ1n) is 10.3. The molecule has 0 saturated carbocycles. The molecule has 2 fully saturated rings. The van der Waals surface area contributed by atoms with Crippen LogP contribution in [-0.2, 0) is 21.6 Å². The minimum atomic E-state index is -3.52. The van der Waals surface area contributed by atoms with Crippen molar-refractivity contribution in [1.82, 2.24) is 23.3 Å². The molecular formula is C20H29N5O4S. The molecule has 0 amide bonds. The number of hydrogen-bond donors (Lipinski definition) is 0. The topological polar surface area (TPSA) is 88.0 Å². The predicted molar refractivity (Wildman–Crippen MR) is 114 cm³/mol. The second kappa shape index (κ2) is 8.35. The van der Waals surface area contributed by atoms with Gasteiger partial charge in [-0.25, -0.2) is 4.68 Å². The molecule has 30 heavy (non-hydrogen) atoms. The fourth-order valence-corrected chi connectivity index (χ4v) is 6.02. The molecule has 2 aliphatic rings. The predicted octanol–water partition coefficient (Wildman–Crippen LogP) is 0.634. The van der Waals surface area contributed by atoms with Crippen LogP contribution in [-0.4, -0.2) is 83.2 Å². The molecule has 2 aliphatic heterocycles. The molecule has 0 spiro atoms. The van der Waals surface area contributed by atoms with E-state index in [4.69, 9.17) is 4.74 Å². The van der Waals surface area contributed by atoms with Gasteiger partial charge in [0.25, 0.3) is 15.8 Å². The van der Waals surface area contributed by atoms with Crippen molar-refractivity contribution < 1.29 is 13.2 Å². The third-order valence-corrected chi connectivity index (χ3v) is 7.72. The largest absolute Gasteiger partial charge is 0.373 e. The Kier molecular flexibility index (Phi) is 5.95. The quantitative estimate of drug-likeness (QED) is 0.700. The lowest BCUT2D eigenvalue weighted by atomic mass is 10.1. The van der Waals surface area contributed by atoms with Crippen molar-refractivity contribution in [2.45, 2.75) is 39.6 Å². The molecular weight excluding hydrogens is 406 g/mol. The number of fused-ring (bicyclic) bond motifs is 1. The molecule has 1 aromatic carbocycles. The summed E-state index contributed by atoms with van der Waals surface area (Å²) in [6.45, 7) is 8.68. The van der Waals surface area contributed by atoms with Crippen molar-refractivity contribution in [1.29, 1.82) is 0 Å². The Morgan fingerprint density at radius 1 is 1.00 bits per heavy atom. The van der Waals surface area contributed by atoms with Crippen LogP contribution in [0.3, 0.4) is 0 Å². The van der Waals surface area contributed by atoms with Crippen LogP contribution in [0, 0.1) is 6.92 Å². The second-order valence-corrected chi connectivity index (χ2v) is 10.1. The van der Waals surface area contributed by atoms with Crippen LogP contribution in [0.1, 0.15) is 19.5 Å². The lowest BCUT2D eigenvalue weighted by Gasteiger charge is -2.40. The van der Waals surface area contributed by atoms with Gasteiger partial charge in [-0.05, 0) is 26.8 Å². The van der Waals surface area contributed by atoms with E-state index in [1.807, 2.05) is 45.0 Å². The number of benzene rings is 1. The molecule has 2 aromatic rings. The first kappa shape index (κ1) is 21.4. The van der Waals surface area contributed by atoms with Crippen LogP contribution in [0.15, 0.2) is 29.1 Å². The third kappa shape index (κ3) is 4.15. The van der Waals surface area contributed by atoms with E-state index in [1.54, 1.807) is 0 Å². The zero-order valence-electron chi connectivity index (χ0n) is 17.7. The van der Waals surface area contributed by atoms with Gasteiger partial charge in [0.15, 0.2) is 0 Å². The number of rotatable bonds is 4. The van der Waals surface area contributed by atoms with Crippen molar-refractivity contribution in [2.75, 3.05) is 39.3 Å². The first-order valence-corrected chi connectivity index (χ1v) is 11.7. The number of hydrogen-bond acceptors (Lipinski definition) is 6. The monoisotopic (exact) mass is 435 g/mol. The molecule has 0 aliphatic carbocycles.